The van der Waals surface area contributed by atoms with Crippen LogP contribution in [0.25, 0.3) is 0 Å². The number of hydrogen-bond donors (Lipinski definition) is 1. The van der Waals surface area contributed by atoms with Crippen molar-refractivity contribution in [3.8, 4) is 0 Å². The van der Waals surface area contributed by atoms with Gasteiger partial charge in [0.15, 0.2) is 6.04 Å². The van der Waals surface area contributed by atoms with Gasteiger partial charge in [-0.05, 0) is 11.4 Å². The molecule has 1 aromatic rings. The lowest BCUT2D eigenvalue weighted by atomic mass is 10.2. The fraction of sp³-hybridized carbons (Fsp3) is 0.455. The van der Waals surface area contributed by atoms with Gasteiger partial charge in [0.2, 0.25) is 0 Å². The van der Waals surface area contributed by atoms with Crippen molar-refractivity contribution in [1.82, 2.24) is 4.90 Å². The Morgan fingerprint density at radius 2 is 2.41 bits per heavy atom. The van der Waals surface area contributed by atoms with Gasteiger partial charge in [0.25, 0.3) is 5.91 Å². The summed E-state index contributed by atoms with van der Waals surface area (Å²) in [6.07, 6.45) is 0. The highest BCUT2D eigenvalue weighted by molar-refractivity contribution is 7.12. The molecule has 6 heteroatoms. The predicted octanol–water partition coefficient (Wildman–Crippen LogP) is -0.691. The molecule has 1 saturated heterocycles. The summed E-state index contributed by atoms with van der Waals surface area (Å²) < 4.78 is 4.74. The molecular weight excluding hydrogens is 240 g/mol. The molecule has 1 fully saturated rings. The van der Waals surface area contributed by atoms with Crippen molar-refractivity contribution in [1.29, 1.82) is 0 Å². The monoisotopic (exact) mass is 255 g/mol. The van der Waals surface area contributed by atoms with Gasteiger partial charge in [-0.2, -0.15) is 0 Å². The Morgan fingerprint density at radius 3 is 3.06 bits per heavy atom. The molecule has 5 nitrogen and oxygen atoms in total. The lowest BCUT2D eigenvalue weighted by Gasteiger charge is -2.31. The van der Waals surface area contributed by atoms with Crippen LogP contribution in [0.2, 0.25) is 0 Å². The molecule has 0 aliphatic carbocycles. The summed E-state index contributed by atoms with van der Waals surface area (Å²) in [5.74, 6) is -0.422. The first-order valence-corrected chi connectivity index (χ1v) is 6.36. The fourth-order valence-corrected chi connectivity index (χ4v) is 2.61. The maximum atomic E-state index is 12.2. The third-order valence-corrected chi connectivity index (χ3v) is 3.66. The van der Waals surface area contributed by atoms with Gasteiger partial charge in [-0.15, -0.1) is 11.3 Å². The van der Waals surface area contributed by atoms with Crippen molar-refractivity contribution in [2.24, 2.45) is 0 Å². The van der Waals surface area contributed by atoms with E-state index in [1.54, 1.807) is 11.0 Å². The number of esters is 1. The minimum atomic E-state index is -0.469. The number of carbonyl (C=O) groups is 2. The molecule has 2 rings (SSSR count). The number of rotatable bonds is 2. The largest absolute Gasteiger partial charge is 0.467 e. The average molecular weight is 255 g/mol. The number of methoxy groups -OCH3 is 1. The van der Waals surface area contributed by atoms with Crippen molar-refractivity contribution < 1.29 is 19.6 Å². The van der Waals surface area contributed by atoms with Gasteiger partial charge in [0.1, 0.15) is 6.54 Å². The van der Waals surface area contributed by atoms with Crippen LogP contribution in [0.4, 0.5) is 0 Å². The number of ether oxygens (including phenoxy) is 1. The van der Waals surface area contributed by atoms with Crippen LogP contribution in [0.15, 0.2) is 17.5 Å². The van der Waals surface area contributed by atoms with E-state index < -0.39 is 6.04 Å². The van der Waals surface area contributed by atoms with E-state index in [9.17, 15) is 9.59 Å². The summed E-state index contributed by atoms with van der Waals surface area (Å²) in [5, 5.41) is 3.89. The summed E-state index contributed by atoms with van der Waals surface area (Å²) in [4.78, 5) is 26.1. The zero-order valence-electron chi connectivity index (χ0n) is 9.59. The van der Waals surface area contributed by atoms with E-state index in [0.29, 0.717) is 18.0 Å². The third kappa shape index (κ3) is 2.48. The molecule has 1 aliphatic rings. The second-order valence-corrected chi connectivity index (χ2v) is 4.78. The van der Waals surface area contributed by atoms with Crippen molar-refractivity contribution >= 4 is 23.2 Å². The van der Waals surface area contributed by atoms with E-state index in [-0.39, 0.29) is 11.9 Å². The second kappa shape index (κ2) is 5.29. The van der Waals surface area contributed by atoms with Crippen LogP contribution in [0.5, 0.6) is 0 Å². The van der Waals surface area contributed by atoms with Crippen LogP contribution in [-0.4, -0.2) is 49.6 Å². The Hall–Kier alpha value is -1.40. The quantitative estimate of drug-likeness (QED) is 0.711. The Balaban J connectivity index is 2.16. The highest BCUT2D eigenvalue weighted by Gasteiger charge is 2.35. The summed E-state index contributed by atoms with van der Waals surface area (Å²) in [5.41, 5.74) is 0. The number of hydrogen-bond acceptors (Lipinski definition) is 4. The van der Waals surface area contributed by atoms with E-state index >= 15 is 0 Å². The molecule has 1 amide bonds. The predicted molar refractivity (Wildman–Crippen MR) is 62.8 cm³/mol. The smallest absolute Gasteiger partial charge is 0.334 e. The summed E-state index contributed by atoms with van der Waals surface area (Å²) in [6.45, 7) is 1.98. The Kier molecular flexibility index (Phi) is 3.75. The zero-order chi connectivity index (χ0) is 12.3. The highest BCUT2D eigenvalue weighted by Crippen LogP contribution is 2.14. The molecule has 0 bridgehead atoms. The molecule has 17 heavy (non-hydrogen) atoms. The Morgan fingerprint density at radius 1 is 1.59 bits per heavy atom. The third-order valence-electron chi connectivity index (χ3n) is 2.81. The van der Waals surface area contributed by atoms with Crippen molar-refractivity contribution in [3.63, 3.8) is 0 Å². The van der Waals surface area contributed by atoms with Gasteiger partial charge in [0, 0.05) is 0 Å². The van der Waals surface area contributed by atoms with E-state index in [2.05, 4.69) is 0 Å². The minimum Gasteiger partial charge on any atom is -0.467 e. The molecule has 0 radical (unpaired) electrons. The van der Waals surface area contributed by atoms with Crippen LogP contribution in [0.3, 0.4) is 0 Å². The van der Waals surface area contributed by atoms with E-state index in [1.807, 2.05) is 16.8 Å². The maximum absolute atomic E-state index is 12.2. The molecule has 0 aromatic carbocycles. The molecule has 0 spiro atoms. The van der Waals surface area contributed by atoms with Crippen LogP contribution in [0, 0.1) is 0 Å². The average Bonchev–Trinajstić information content (AvgIpc) is 2.91. The first-order valence-electron chi connectivity index (χ1n) is 5.48. The van der Waals surface area contributed by atoms with E-state index in [0.717, 1.165) is 6.54 Å². The van der Waals surface area contributed by atoms with Gasteiger partial charge < -0.3 is 15.0 Å². The van der Waals surface area contributed by atoms with Crippen molar-refractivity contribution in [3.05, 3.63) is 22.4 Å². The zero-order valence-corrected chi connectivity index (χ0v) is 10.4. The number of thiophene rings is 1. The van der Waals surface area contributed by atoms with Gasteiger partial charge in [-0.3, -0.25) is 4.79 Å². The maximum Gasteiger partial charge on any atom is 0.334 e. The Labute approximate surface area is 103 Å². The number of quaternary nitrogens is 1. The molecule has 2 heterocycles. The fourth-order valence-electron chi connectivity index (χ4n) is 1.93. The molecule has 92 valence electrons. The number of amides is 1. The van der Waals surface area contributed by atoms with E-state index in [1.165, 1.54) is 18.4 Å². The molecule has 1 atom stereocenters. The number of carbonyl (C=O) groups excluding carboxylic acids is 2. The summed E-state index contributed by atoms with van der Waals surface area (Å²) >= 11 is 1.39. The topological polar surface area (TPSA) is 63.2 Å². The number of piperazine rings is 1. The standard InChI is InChI=1S/C11H14N2O3S/c1-16-11(15)8-7-12-4-5-13(8)10(14)9-3-2-6-17-9/h2-3,6,8,12H,4-5,7H2,1H3/p+1/t8-/m0/s1. The molecule has 1 aromatic heterocycles. The molecule has 2 N–H and O–H groups in total. The second-order valence-electron chi connectivity index (χ2n) is 3.83. The number of nitrogens with two attached hydrogens (primary N) is 1. The van der Waals surface area contributed by atoms with Crippen LogP contribution in [-0.2, 0) is 9.53 Å². The van der Waals surface area contributed by atoms with Gasteiger partial charge in [-0.1, -0.05) is 6.07 Å². The molecular formula is C11H15N2O3S+. The van der Waals surface area contributed by atoms with E-state index in [4.69, 9.17) is 4.74 Å². The minimum absolute atomic E-state index is 0.0801. The first kappa shape index (κ1) is 12.1. The summed E-state index contributed by atoms with van der Waals surface area (Å²) in [6, 6.07) is 3.14. The molecule has 1 aliphatic heterocycles. The highest BCUT2D eigenvalue weighted by atomic mass is 32.1. The normalized spacial score (nSPS) is 20.1. The molecule has 0 unspecified atom stereocenters. The van der Waals surface area contributed by atoms with Gasteiger partial charge in [0.05, 0.1) is 25.1 Å². The summed E-state index contributed by atoms with van der Waals surface area (Å²) in [7, 11) is 1.35. The SMILES string of the molecule is COC(=O)[C@@H]1C[NH2+]CCN1C(=O)c1cccs1. The van der Waals surface area contributed by atoms with Crippen LogP contribution < -0.4 is 5.32 Å². The molecule has 0 saturated carbocycles. The van der Waals surface area contributed by atoms with Gasteiger partial charge >= 0.3 is 5.97 Å². The lowest BCUT2D eigenvalue weighted by molar-refractivity contribution is -0.665. The van der Waals surface area contributed by atoms with Crippen LogP contribution >= 0.6 is 11.3 Å². The lowest BCUT2D eigenvalue weighted by Crippen LogP contribution is -2.92. The van der Waals surface area contributed by atoms with Crippen molar-refractivity contribution in [2.75, 3.05) is 26.7 Å². The first-order chi connectivity index (χ1) is 8.24. The Bertz CT molecular complexity index is 405. The van der Waals surface area contributed by atoms with Crippen molar-refractivity contribution in [2.45, 2.75) is 6.04 Å². The van der Waals surface area contributed by atoms with Gasteiger partial charge in [-0.25, -0.2) is 4.79 Å². The number of nitrogens with zero attached hydrogens (tertiary/aromatic N) is 1. The van der Waals surface area contributed by atoms with Crippen LogP contribution in [0.1, 0.15) is 9.67 Å².